The quantitative estimate of drug-likeness (QED) is 0.568. The molecule has 96 valence electrons. The molecular weight excluding hydrogens is 230 g/mol. The average molecular weight is 253 g/mol. The molecule has 2 nitrogen and oxygen atoms in total. The van der Waals surface area contributed by atoms with Gasteiger partial charge in [-0.25, -0.2) is 0 Å². The lowest BCUT2D eigenvalue weighted by Gasteiger charge is -2.15. The van der Waals surface area contributed by atoms with E-state index in [1.54, 1.807) is 0 Å². The van der Waals surface area contributed by atoms with E-state index in [4.69, 9.17) is 4.74 Å². The maximum Gasteiger partial charge on any atom is 0.0627 e. The van der Waals surface area contributed by atoms with E-state index in [1.165, 1.54) is 10.5 Å². The van der Waals surface area contributed by atoms with Crippen molar-refractivity contribution in [3.05, 3.63) is 29.8 Å². The second-order valence-corrected chi connectivity index (χ2v) is 5.28. The summed E-state index contributed by atoms with van der Waals surface area (Å²) in [6, 6.07) is 9.05. The first-order chi connectivity index (χ1) is 8.26. The zero-order valence-corrected chi connectivity index (χ0v) is 11.8. The number of rotatable bonds is 8. The Bertz CT molecular complexity index is 317. The Kier molecular flexibility index (Phi) is 7.33. The van der Waals surface area contributed by atoms with Gasteiger partial charge in [-0.15, -0.1) is 11.8 Å². The van der Waals surface area contributed by atoms with Crippen LogP contribution in [0.2, 0.25) is 0 Å². The summed E-state index contributed by atoms with van der Waals surface area (Å²) in [7, 11) is 2.00. The van der Waals surface area contributed by atoms with Crippen LogP contribution >= 0.6 is 11.8 Å². The highest BCUT2D eigenvalue weighted by Crippen LogP contribution is 2.19. The van der Waals surface area contributed by atoms with E-state index in [-0.39, 0.29) is 0 Å². The molecule has 1 rings (SSSR count). The molecule has 0 radical (unpaired) electrons. The Hall–Kier alpha value is -0.510. The van der Waals surface area contributed by atoms with Crippen LogP contribution in [0.5, 0.6) is 0 Å². The van der Waals surface area contributed by atoms with Crippen LogP contribution in [0.3, 0.4) is 0 Å². The number of ether oxygens (including phenoxy) is 1. The minimum atomic E-state index is 0.423. The summed E-state index contributed by atoms with van der Waals surface area (Å²) in [4.78, 5) is 1.33. The zero-order chi connectivity index (χ0) is 12.5. The lowest BCUT2D eigenvalue weighted by Crippen LogP contribution is -2.32. The normalized spacial score (nSPS) is 12.6. The number of benzene rings is 1. The van der Waals surface area contributed by atoms with Crippen molar-refractivity contribution >= 4 is 11.8 Å². The molecule has 1 N–H and O–H groups in total. The first-order valence-electron chi connectivity index (χ1n) is 6.20. The van der Waals surface area contributed by atoms with Gasteiger partial charge in [-0.05, 0) is 32.5 Å². The highest BCUT2D eigenvalue weighted by Gasteiger charge is 2.06. The molecule has 3 heteroatoms. The van der Waals surface area contributed by atoms with E-state index >= 15 is 0 Å². The Morgan fingerprint density at radius 3 is 2.88 bits per heavy atom. The molecule has 0 saturated heterocycles. The molecule has 0 bridgehead atoms. The van der Waals surface area contributed by atoms with Crippen molar-refractivity contribution in [2.24, 2.45) is 0 Å². The average Bonchev–Trinajstić information content (AvgIpc) is 2.34. The van der Waals surface area contributed by atoms with Crippen molar-refractivity contribution in [3.63, 3.8) is 0 Å². The minimum absolute atomic E-state index is 0.423. The van der Waals surface area contributed by atoms with Gasteiger partial charge in [-0.1, -0.05) is 24.6 Å². The molecule has 1 atom stereocenters. The standard InChI is InChI=1S/C14H23NOS/c1-4-8-16-10-13(15-3)11-17-14-7-5-6-12(2)9-14/h5-7,9,13,15H,4,8,10-11H2,1-3H3. The fraction of sp³-hybridized carbons (Fsp3) is 0.571. The number of thioether (sulfide) groups is 1. The highest BCUT2D eigenvalue weighted by molar-refractivity contribution is 7.99. The van der Waals surface area contributed by atoms with Crippen molar-refractivity contribution in [1.82, 2.24) is 5.32 Å². The Labute approximate surface area is 109 Å². The topological polar surface area (TPSA) is 21.3 Å². The van der Waals surface area contributed by atoms with E-state index < -0.39 is 0 Å². The fourth-order valence-corrected chi connectivity index (χ4v) is 2.59. The van der Waals surface area contributed by atoms with E-state index in [1.807, 2.05) is 18.8 Å². The van der Waals surface area contributed by atoms with E-state index in [9.17, 15) is 0 Å². The van der Waals surface area contributed by atoms with Crippen molar-refractivity contribution in [2.75, 3.05) is 26.0 Å². The van der Waals surface area contributed by atoms with Crippen LogP contribution in [0.4, 0.5) is 0 Å². The fourth-order valence-electron chi connectivity index (χ4n) is 1.49. The molecule has 0 aromatic heterocycles. The Morgan fingerprint density at radius 2 is 2.24 bits per heavy atom. The van der Waals surface area contributed by atoms with Crippen LogP contribution in [0.25, 0.3) is 0 Å². The minimum Gasteiger partial charge on any atom is -0.380 e. The van der Waals surface area contributed by atoms with Gasteiger partial charge in [-0.3, -0.25) is 0 Å². The third kappa shape index (κ3) is 6.10. The molecule has 1 aromatic carbocycles. The molecule has 0 saturated carbocycles. The summed E-state index contributed by atoms with van der Waals surface area (Å²) in [5.41, 5.74) is 1.32. The number of aryl methyl sites for hydroxylation is 1. The summed E-state index contributed by atoms with van der Waals surface area (Å²) in [6.07, 6.45) is 1.08. The largest absolute Gasteiger partial charge is 0.380 e. The summed E-state index contributed by atoms with van der Waals surface area (Å²) in [5, 5.41) is 3.30. The molecular formula is C14H23NOS. The van der Waals surface area contributed by atoms with Gasteiger partial charge in [-0.2, -0.15) is 0 Å². The van der Waals surface area contributed by atoms with E-state index in [2.05, 4.69) is 43.4 Å². The number of nitrogens with one attached hydrogen (secondary N) is 1. The smallest absolute Gasteiger partial charge is 0.0627 e. The molecule has 17 heavy (non-hydrogen) atoms. The second kappa shape index (κ2) is 8.56. The predicted octanol–water partition coefficient (Wildman–Crippen LogP) is 3.10. The molecule has 0 aliphatic carbocycles. The molecule has 0 aliphatic rings. The van der Waals surface area contributed by atoms with Gasteiger partial charge >= 0.3 is 0 Å². The van der Waals surface area contributed by atoms with Gasteiger partial charge in [0.25, 0.3) is 0 Å². The lowest BCUT2D eigenvalue weighted by atomic mass is 10.2. The number of likely N-dealkylation sites (N-methyl/N-ethyl adjacent to an activating group) is 1. The second-order valence-electron chi connectivity index (χ2n) is 4.19. The molecule has 0 fully saturated rings. The Balaban J connectivity index is 2.31. The van der Waals surface area contributed by atoms with Gasteiger partial charge in [0.1, 0.15) is 0 Å². The third-order valence-corrected chi connectivity index (χ3v) is 3.67. The van der Waals surface area contributed by atoms with Crippen molar-refractivity contribution in [1.29, 1.82) is 0 Å². The van der Waals surface area contributed by atoms with Crippen molar-refractivity contribution in [2.45, 2.75) is 31.2 Å². The van der Waals surface area contributed by atoms with Crippen LogP contribution in [-0.4, -0.2) is 32.1 Å². The summed E-state index contributed by atoms with van der Waals surface area (Å²) >= 11 is 1.88. The number of hydrogen-bond acceptors (Lipinski definition) is 3. The predicted molar refractivity (Wildman–Crippen MR) is 75.9 cm³/mol. The van der Waals surface area contributed by atoms with E-state index in [0.29, 0.717) is 6.04 Å². The third-order valence-electron chi connectivity index (χ3n) is 2.52. The maximum atomic E-state index is 5.57. The molecule has 1 unspecified atom stereocenters. The molecule has 1 aromatic rings. The van der Waals surface area contributed by atoms with Gasteiger partial charge in [0.15, 0.2) is 0 Å². The molecule has 0 heterocycles. The van der Waals surface area contributed by atoms with Crippen LogP contribution in [0.15, 0.2) is 29.2 Å². The first-order valence-corrected chi connectivity index (χ1v) is 7.19. The maximum absolute atomic E-state index is 5.57. The van der Waals surface area contributed by atoms with Crippen LogP contribution < -0.4 is 5.32 Å². The zero-order valence-electron chi connectivity index (χ0n) is 11.0. The number of hydrogen-bond donors (Lipinski definition) is 1. The first kappa shape index (κ1) is 14.6. The van der Waals surface area contributed by atoms with Crippen LogP contribution in [-0.2, 0) is 4.74 Å². The van der Waals surface area contributed by atoms with Crippen LogP contribution in [0.1, 0.15) is 18.9 Å². The van der Waals surface area contributed by atoms with Crippen LogP contribution in [0, 0.1) is 6.92 Å². The summed E-state index contributed by atoms with van der Waals surface area (Å²) < 4.78 is 5.57. The summed E-state index contributed by atoms with van der Waals surface area (Å²) in [6.45, 7) is 5.91. The lowest BCUT2D eigenvalue weighted by molar-refractivity contribution is 0.119. The summed E-state index contributed by atoms with van der Waals surface area (Å²) in [5.74, 6) is 1.05. The van der Waals surface area contributed by atoms with Crippen molar-refractivity contribution < 1.29 is 4.74 Å². The Morgan fingerprint density at radius 1 is 1.41 bits per heavy atom. The van der Waals surface area contributed by atoms with Gasteiger partial charge in [0, 0.05) is 23.3 Å². The SMILES string of the molecule is CCCOCC(CSc1cccc(C)c1)NC. The van der Waals surface area contributed by atoms with Gasteiger partial charge < -0.3 is 10.1 Å². The molecule has 0 amide bonds. The van der Waals surface area contributed by atoms with Gasteiger partial charge in [0.05, 0.1) is 6.61 Å². The van der Waals surface area contributed by atoms with Gasteiger partial charge in [0.2, 0.25) is 0 Å². The van der Waals surface area contributed by atoms with Crippen molar-refractivity contribution in [3.8, 4) is 0 Å². The molecule has 0 spiro atoms. The monoisotopic (exact) mass is 253 g/mol. The molecule has 0 aliphatic heterocycles. The van der Waals surface area contributed by atoms with E-state index in [0.717, 1.165) is 25.4 Å². The highest BCUT2D eigenvalue weighted by atomic mass is 32.2.